The summed E-state index contributed by atoms with van der Waals surface area (Å²) >= 11 is 0. The van der Waals surface area contributed by atoms with Gasteiger partial charge in [0.25, 0.3) is 5.91 Å². The quantitative estimate of drug-likeness (QED) is 0.766. The summed E-state index contributed by atoms with van der Waals surface area (Å²) in [6.07, 6.45) is 5.30. The number of carbonyl (C=O) groups excluding carboxylic acids is 1. The third-order valence-corrected chi connectivity index (χ3v) is 3.37. The number of hydrogen-bond acceptors (Lipinski definition) is 3. The van der Waals surface area contributed by atoms with Crippen molar-refractivity contribution in [1.29, 1.82) is 0 Å². The van der Waals surface area contributed by atoms with Crippen molar-refractivity contribution in [2.45, 2.75) is 19.4 Å². The highest BCUT2D eigenvalue weighted by molar-refractivity contribution is 5.91. The molecule has 0 N–H and O–H groups in total. The maximum atomic E-state index is 12.2. The standard InChI is InChI=1S/C13H15N3O2/c1-15-11-4-2-6-16(9-10(11)8-14-15)13(17)12-5-3-7-18-12/h3,5,7-8H,2,4,6,9H2,1H3. The average Bonchev–Trinajstić information content (AvgIpc) is 2.95. The third kappa shape index (κ3) is 1.81. The number of aryl methyl sites for hydroxylation is 1. The van der Waals surface area contributed by atoms with Crippen molar-refractivity contribution < 1.29 is 9.21 Å². The van der Waals surface area contributed by atoms with E-state index >= 15 is 0 Å². The van der Waals surface area contributed by atoms with Gasteiger partial charge in [-0.15, -0.1) is 0 Å². The van der Waals surface area contributed by atoms with Gasteiger partial charge in [0, 0.05) is 31.4 Å². The fourth-order valence-electron chi connectivity index (χ4n) is 2.41. The lowest BCUT2D eigenvalue weighted by molar-refractivity contribution is 0.0713. The lowest BCUT2D eigenvalue weighted by atomic mass is 10.2. The fourth-order valence-corrected chi connectivity index (χ4v) is 2.41. The predicted molar refractivity (Wildman–Crippen MR) is 65.0 cm³/mol. The monoisotopic (exact) mass is 245 g/mol. The number of fused-ring (bicyclic) bond motifs is 1. The molecule has 1 aliphatic heterocycles. The first-order valence-corrected chi connectivity index (χ1v) is 6.08. The van der Waals surface area contributed by atoms with Gasteiger partial charge in [-0.2, -0.15) is 5.10 Å². The molecule has 0 radical (unpaired) electrons. The maximum absolute atomic E-state index is 12.2. The Morgan fingerprint density at radius 1 is 1.50 bits per heavy atom. The molecule has 1 amide bonds. The number of carbonyl (C=O) groups is 1. The molecule has 0 saturated carbocycles. The SMILES string of the molecule is Cn1ncc2c1CCCN(C(=O)c1ccco1)C2. The molecular formula is C13H15N3O2. The average molecular weight is 245 g/mol. The van der Waals surface area contributed by atoms with Crippen molar-refractivity contribution >= 4 is 5.91 Å². The van der Waals surface area contributed by atoms with E-state index in [1.165, 1.54) is 12.0 Å². The van der Waals surface area contributed by atoms with Crippen molar-refractivity contribution in [3.8, 4) is 0 Å². The van der Waals surface area contributed by atoms with Crippen LogP contribution in [0.5, 0.6) is 0 Å². The van der Waals surface area contributed by atoms with Gasteiger partial charge < -0.3 is 9.32 Å². The van der Waals surface area contributed by atoms with Crippen LogP contribution in [0.4, 0.5) is 0 Å². The first-order chi connectivity index (χ1) is 8.75. The van der Waals surface area contributed by atoms with Gasteiger partial charge in [0.05, 0.1) is 12.5 Å². The van der Waals surface area contributed by atoms with Gasteiger partial charge in [-0.3, -0.25) is 9.48 Å². The van der Waals surface area contributed by atoms with Gasteiger partial charge in [0.2, 0.25) is 0 Å². The van der Waals surface area contributed by atoms with Crippen LogP contribution in [0.2, 0.25) is 0 Å². The van der Waals surface area contributed by atoms with Crippen molar-refractivity contribution in [3.63, 3.8) is 0 Å². The van der Waals surface area contributed by atoms with Gasteiger partial charge in [-0.25, -0.2) is 0 Å². The van der Waals surface area contributed by atoms with Crippen LogP contribution in [0.25, 0.3) is 0 Å². The number of aromatic nitrogens is 2. The molecular weight excluding hydrogens is 230 g/mol. The number of hydrogen-bond donors (Lipinski definition) is 0. The van der Waals surface area contributed by atoms with Crippen molar-refractivity contribution in [3.05, 3.63) is 41.6 Å². The molecule has 0 spiro atoms. The summed E-state index contributed by atoms with van der Waals surface area (Å²) in [7, 11) is 1.95. The van der Waals surface area contributed by atoms with E-state index in [2.05, 4.69) is 5.10 Å². The second-order valence-electron chi connectivity index (χ2n) is 4.55. The molecule has 3 heterocycles. The van der Waals surface area contributed by atoms with E-state index in [4.69, 9.17) is 4.42 Å². The molecule has 0 bridgehead atoms. The zero-order valence-electron chi connectivity index (χ0n) is 10.3. The minimum Gasteiger partial charge on any atom is -0.459 e. The Labute approximate surface area is 105 Å². The van der Waals surface area contributed by atoms with Gasteiger partial charge in [0.1, 0.15) is 0 Å². The molecule has 18 heavy (non-hydrogen) atoms. The Balaban J connectivity index is 1.85. The second-order valence-corrected chi connectivity index (χ2v) is 4.55. The summed E-state index contributed by atoms with van der Waals surface area (Å²) in [6, 6.07) is 3.44. The zero-order valence-corrected chi connectivity index (χ0v) is 10.3. The van der Waals surface area contributed by atoms with Gasteiger partial charge >= 0.3 is 0 Å². The molecule has 0 fully saturated rings. The normalized spacial score (nSPS) is 15.3. The highest BCUT2D eigenvalue weighted by atomic mass is 16.3. The highest BCUT2D eigenvalue weighted by Crippen LogP contribution is 2.19. The van der Waals surface area contributed by atoms with E-state index in [0.717, 1.165) is 24.9 Å². The Morgan fingerprint density at radius 2 is 2.39 bits per heavy atom. The summed E-state index contributed by atoms with van der Waals surface area (Å²) in [5.41, 5.74) is 2.36. The Bertz CT molecular complexity index is 557. The topological polar surface area (TPSA) is 51.3 Å². The van der Waals surface area contributed by atoms with Gasteiger partial charge in [0.15, 0.2) is 5.76 Å². The smallest absolute Gasteiger partial charge is 0.289 e. The molecule has 0 saturated heterocycles. The molecule has 2 aromatic heterocycles. The molecule has 0 atom stereocenters. The van der Waals surface area contributed by atoms with Crippen LogP contribution in [-0.2, 0) is 20.0 Å². The summed E-state index contributed by atoms with van der Waals surface area (Å²) in [5, 5.41) is 4.25. The van der Waals surface area contributed by atoms with Gasteiger partial charge in [-0.05, 0) is 25.0 Å². The summed E-state index contributed by atoms with van der Waals surface area (Å²) in [5.74, 6) is 0.360. The van der Waals surface area contributed by atoms with Crippen LogP contribution in [-0.4, -0.2) is 27.1 Å². The van der Waals surface area contributed by atoms with E-state index in [1.54, 1.807) is 12.1 Å². The predicted octanol–water partition coefficient (Wildman–Crippen LogP) is 1.60. The molecule has 0 aromatic carbocycles. The first kappa shape index (κ1) is 11.1. The van der Waals surface area contributed by atoms with Crippen molar-refractivity contribution in [2.24, 2.45) is 7.05 Å². The number of furan rings is 1. The van der Waals surface area contributed by atoms with Crippen LogP contribution >= 0.6 is 0 Å². The van der Waals surface area contributed by atoms with E-state index in [9.17, 15) is 4.79 Å². The first-order valence-electron chi connectivity index (χ1n) is 6.08. The van der Waals surface area contributed by atoms with Crippen molar-refractivity contribution in [1.82, 2.24) is 14.7 Å². The molecule has 0 unspecified atom stereocenters. The van der Waals surface area contributed by atoms with E-state index in [-0.39, 0.29) is 5.91 Å². The van der Waals surface area contributed by atoms with Crippen LogP contribution in [0.15, 0.2) is 29.0 Å². The van der Waals surface area contributed by atoms with Crippen LogP contribution in [0.1, 0.15) is 28.2 Å². The summed E-state index contributed by atoms with van der Waals surface area (Å²) < 4.78 is 7.07. The Kier molecular flexibility index (Phi) is 2.66. The second kappa shape index (κ2) is 4.33. The van der Waals surface area contributed by atoms with E-state index < -0.39 is 0 Å². The largest absolute Gasteiger partial charge is 0.459 e. The summed E-state index contributed by atoms with van der Waals surface area (Å²) in [4.78, 5) is 14.1. The van der Waals surface area contributed by atoms with E-state index in [0.29, 0.717) is 12.3 Å². The fraction of sp³-hybridized carbons (Fsp3) is 0.385. The van der Waals surface area contributed by atoms with Crippen LogP contribution < -0.4 is 0 Å². The number of nitrogens with zero attached hydrogens (tertiary/aromatic N) is 3. The Hall–Kier alpha value is -2.04. The minimum absolute atomic E-state index is 0.0447. The molecule has 5 heteroatoms. The van der Waals surface area contributed by atoms with Crippen LogP contribution in [0, 0.1) is 0 Å². The molecule has 3 rings (SSSR count). The molecule has 5 nitrogen and oxygen atoms in total. The van der Waals surface area contributed by atoms with E-state index in [1.807, 2.05) is 22.8 Å². The molecule has 0 aliphatic carbocycles. The Morgan fingerprint density at radius 3 is 3.17 bits per heavy atom. The zero-order chi connectivity index (χ0) is 12.5. The lowest BCUT2D eigenvalue weighted by Gasteiger charge is -2.18. The molecule has 1 aliphatic rings. The summed E-state index contributed by atoms with van der Waals surface area (Å²) in [6.45, 7) is 1.37. The third-order valence-electron chi connectivity index (χ3n) is 3.37. The number of amides is 1. The molecule has 2 aromatic rings. The number of rotatable bonds is 1. The maximum Gasteiger partial charge on any atom is 0.289 e. The lowest BCUT2D eigenvalue weighted by Crippen LogP contribution is -2.30. The molecule has 94 valence electrons. The van der Waals surface area contributed by atoms with Gasteiger partial charge in [-0.1, -0.05) is 0 Å². The minimum atomic E-state index is -0.0447. The highest BCUT2D eigenvalue weighted by Gasteiger charge is 2.23. The van der Waals surface area contributed by atoms with Crippen LogP contribution in [0.3, 0.4) is 0 Å². The van der Waals surface area contributed by atoms with Crippen molar-refractivity contribution in [2.75, 3.05) is 6.54 Å².